The van der Waals surface area contributed by atoms with E-state index in [-0.39, 0.29) is 17.4 Å². The Morgan fingerprint density at radius 3 is 2.36 bits per heavy atom. The van der Waals surface area contributed by atoms with Crippen molar-refractivity contribution in [2.24, 2.45) is 17.8 Å². The fourth-order valence-corrected chi connectivity index (χ4v) is 5.36. The lowest BCUT2D eigenvalue weighted by molar-refractivity contribution is 0.0177. The number of hydrogen-bond acceptors (Lipinski definition) is 3. The van der Waals surface area contributed by atoms with E-state index in [1.165, 1.54) is 23.8 Å². The lowest BCUT2D eigenvalue weighted by Crippen LogP contribution is -2.31. The molecule has 2 aromatic rings. The summed E-state index contributed by atoms with van der Waals surface area (Å²) in [5, 5.41) is 0. The van der Waals surface area contributed by atoms with Crippen molar-refractivity contribution < 1.29 is 14.3 Å². The SMILES string of the molecule is COC(=O)O[C@@H]1[C@@H]2C[C@]3(c4ccccc4)C(C=C2c2ccccc2)[C@@H]13. The lowest BCUT2D eigenvalue weighted by Gasteiger charge is -2.32. The number of carbonyl (C=O) groups excluding carboxylic acids is 1. The van der Waals surface area contributed by atoms with Gasteiger partial charge in [-0.3, -0.25) is 0 Å². The van der Waals surface area contributed by atoms with Crippen LogP contribution in [0.15, 0.2) is 66.7 Å². The average molecular weight is 332 g/mol. The van der Waals surface area contributed by atoms with E-state index in [1.54, 1.807) is 0 Å². The second-order valence-electron chi connectivity index (χ2n) is 7.29. The third kappa shape index (κ3) is 1.95. The first kappa shape index (κ1) is 14.8. The third-order valence-corrected chi connectivity index (χ3v) is 6.35. The van der Waals surface area contributed by atoms with E-state index in [1.807, 2.05) is 6.07 Å². The molecule has 0 aromatic heterocycles. The maximum atomic E-state index is 11.8. The summed E-state index contributed by atoms with van der Waals surface area (Å²) in [7, 11) is 1.38. The molecule has 2 fully saturated rings. The van der Waals surface area contributed by atoms with Crippen molar-refractivity contribution in [3.05, 3.63) is 77.9 Å². The molecule has 0 N–H and O–H groups in total. The number of allylic oxidation sites excluding steroid dienone is 1. The monoisotopic (exact) mass is 332 g/mol. The van der Waals surface area contributed by atoms with Crippen LogP contribution < -0.4 is 0 Å². The van der Waals surface area contributed by atoms with Crippen LogP contribution in [0.5, 0.6) is 0 Å². The van der Waals surface area contributed by atoms with E-state index >= 15 is 0 Å². The Morgan fingerprint density at radius 1 is 1.04 bits per heavy atom. The van der Waals surface area contributed by atoms with Gasteiger partial charge < -0.3 is 9.47 Å². The molecular weight excluding hydrogens is 312 g/mol. The smallest absolute Gasteiger partial charge is 0.438 e. The summed E-state index contributed by atoms with van der Waals surface area (Å²) in [6, 6.07) is 21.1. The molecule has 4 aliphatic rings. The second-order valence-corrected chi connectivity index (χ2v) is 7.29. The van der Waals surface area contributed by atoms with Gasteiger partial charge in [-0.05, 0) is 29.0 Å². The van der Waals surface area contributed by atoms with E-state index in [9.17, 15) is 4.79 Å². The molecule has 3 heteroatoms. The Labute approximate surface area is 147 Å². The van der Waals surface area contributed by atoms with Crippen LogP contribution in [-0.4, -0.2) is 19.4 Å². The number of methoxy groups -OCH3 is 1. The van der Waals surface area contributed by atoms with Crippen LogP contribution in [0, 0.1) is 17.8 Å². The summed E-state index contributed by atoms with van der Waals surface area (Å²) in [6.07, 6.45) is 2.80. The summed E-state index contributed by atoms with van der Waals surface area (Å²) in [4.78, 5) is 11.8. The van der Waals surface area contributed by atoms with Gasteiger partial charge in [-0.1, -0.05) is 66.7 Å². The minimum Gasteiger partial charge on any atom is -0.438 e. The first-order valence-electron chi connectivity index (χ1n) is 8.83. The molecule has 2 aromatic carbocycles. The molecule has 4 aliphatic carbocycles. The third-order valence-electron chi connectivity index (χ3n) is 6.35. The minimum absolute atomic E-state index is 0.0992. The predicted octanol–water partition coefficient (Wildman–Crippen LogP) is 4.44. The Hall–Kier alpha value is -2.55. The molecule has 126 valence electrons. The van der Waals surface area contributed by atoms with Gasteiger partial charge in [-0.2, -0.15) is 0 Å². The number of benzene rings is 2. The normalized spacial score (nSPS) is 34.2. The van der Waals surface area contributed by atoms with Crippen LogP contribution in [0.2, 0.25) is 0 Å². The molecule has 0 spiro atoms. The summed E-state index contributed by atoms with van der Waals surface area (Å²) in [6.45, 7) is 0. The molecule has 2 saturated carbocycles. The maximum absolute atomic E-state index is 11.8. The highest BCUT2D eigenvalue weighted by Gasteiger charge is 2.76. The number of carbonyl (C=O) groups is 1. The van der Waals surface area contributed by atoms with Gasteiger partial charge in [0.1, 0.15) is 6.10 Å². The largest absolute Gasteiger partial charge is 0.508 e. The standard InChI is InChI=1S/C22H20O3/c1-24-21(23)25-20-17-13-22(15-10-6-3-7-11-15)18(19(20)22)12-16(17)14-8-4-2-5-9-14/h2-12,17-20H,13H2,1H3/t17-,18?,19+,20-,22+/m1/s1. The lowest BCUT2D eigenvalue weighted by atomic mass is 9.75. The van der Waals surface area contributed by atoms with Crippen molar-refractivity contribution in [2.75, 3.05) is 7.11 Å². The van der Waals surface area contributed by atoms with Gasteiger partial charge in [-0.15, -0.1) is 0 Å². The highest BCUT2D eigenvalue weighted by molar-refractivity contribution is 5.75. The quantitative estimate of drug-likeness (QED) is 0.780. The van der Waals surface area contributed by atoms with Crippen LogP contribution in [-0.2, 0) is 14.9 Å². The molecule has 0 radical (unpaired) electrons. The van der Waals surface area contributed by atoms with Crippen LogP contribution >= 0.6 is 0 Å². The Bertz CT molecular complexity index is 842. The molecule has 1 unspecified atom stereocenters. The zero-order valence-electron chi connectivity index (χ0n) is 14.1. The summed E-state index contributed by atoms with van der Waals surface area (Å²) >= 11 is 0. The van der Waals surface area contributed by atoms with Crippen molar-refractivity contribution in [2.45, 2.75) is 17.9 Å². The molecular formula is C22H20O3. The summed E-state index contributed by atoms with van der Waals surface area (Å²) in [5.74, 6) is 1.04. The van der Waals surface area contributed by atoms with Crippen LogP contribution in [0.4, 0.5) is 4.79 Å². The van der Waals surface area contributed by atoms with E-state index < -0.39 is 6.16 Å². The van der Waals surface area contributed by atoms with E-state index in [0.717, 1.165) is 6.42 Å². The number of hydrogen-bond donors (Lipinski definition) is 0. The van der Waals surface area contributed by atoms with Gasteiger partial charge in [0.2, 0.25) is 0 Å². The minimum atomic E-state index is -0.571. The van der Waals surface area contributed by atoms with Gasteiger partial charge in [-0.25, -0.2) is 4.79 Å². The van der Waals surface area contributed by atoms with Gasteiger partial charge in [0, 0.05) is 17.3 Å². The number of ether oxygens (including phenoxy) is 2. The highest BCUT2D eigenvalue weighted by Crippen LogP contribution is 2.76. The van der Waals surface area contributed by atoms with E-state index in [4.69, 9.17) is 9.47 Å². The van der Waals surface area contributed by atoms with Crippen molar-refractivity contribution in [3.63, 3.8) is 0 Å². The van der Waals surface area contributed by atoms with E-state index in [2.05, 4.69) is 60.7 Å². The van der Waals surface area contributed by atoms with Crippen LogP contribution in [0.1, 0.15) is 17.5 Å². The molecule has 0 heterocycles. The Morgan fingerprint density at radius 2 is 1.72 bits per heavy atom. The highest BCUT2D eigenvalue weighted by atomic mass is 16.7. The zero-order valence-corrected chi connectivity index (χ0v) is 14.1. The average Bonchev–Trinajstić information content (AvgIpc) is 3.26. The zero-order chi connectivity index (χ0) is 17.0. The Kier molecular flexibility index (Phi) is 3.08. The van der Waals surface area contributed by atoms with E-state index in [0.29, 0.717) is 11.8 Å². The molecule has 6 rings (SSSR count). The first-order chi connectivity index (χ1) is 12.3. The number of rotatable bonds is 3. The fourth-order valence-electron chi connectivity index (χ4n) is 5.36. The van der Waals surface area contributed by atoms with Crippen LogP contribution in [0.25, 0.3) is 5.57 Å². The van der Waals surface area contributed by atoms with Gasteiger partial charge in [0.15, 0.2) is 0 Å². The molecule has 0 amide bonds. The first-order valence-corrected chi connectivity index (χ1v) is 8.83. The van der Waals surface area contributed by atoms with Crippen molar-refractivity contribution in [1.29, 1.82) is 0 Å². The molecule has 0 aliphatic heterocycles. The topological polar surface area (TPSA) is 35.5 Å². The molecule has 5 atom stereocenters. The fraction of sp³-hybridized carbons (Fsp3) is 0.318. The van der Waals surface area contributed by atoms with Gasteiger partial charge in [0.25, 0.3) is 0 Å². The summed E-state index contributed by atoms with van der Waals surface area (Å²) in [5.41, 5.74) is 4.05. The molecule has 3 nitrogen and oxygen atoms in total. The van der Waals surface area contributed by atoms with Crippen molar-refractivity contribution in [1.82, 2.24) is 0 Å². The second kappa shape index (κ2) is 5.22. The molecule has 0 saturated heterocycles. The van der Waals surface area contributed by atoms with Crippen LogP contribution in [0.3, 0.4) is 0 Å². The van der Waals surface area contributed by atoms with Gasteiger partial charge in [0.05, 0.1) is 7.11 Å². The predicted molar refractivity (Wildman–Crippen MR) is 94.9 cm³/mol. The van der Waals surface area contributed by atoms with Gasteiger partial charge >= 0.3 is 6.16 Å². The van der Waals surface area contributed by atoms with Crippen molar-refractivity contribution >= 4 is 11.7 Å². The van der Waals surface area contributed by atoms with Crippen molar-refractivity contribution in [3.8, 4) is 0 Å². The summed E-state index contributed by atoms with van der Waals surface area (Å²) < 4.78 is 10.5. The maximum Gasteiger partial charge on any atom is 0.508 e. The molecule has 25 heavy (non-hydrogen) atoms. The Balaban J connectivity index is 1.57. The molecule has 4 bridgehead atoms.